The van der Waals surface area contributed by atoms with Gasteiger partial charge in [-0.2, -0.15) is 5.26 Å². The summed E-state index contributed by atoms with van der Waals surface area (Å²) < 4.78 is 14.1. The van der Waals surface area contributed by atoms with Crippen molar-refractivity contribution in [3.05, 3.63) is 46.2 Å². The van der Waals surface area contributed by atoms with Crippen molar-refractivity contribution in [2.45, 2.75) is 17.0 Å². The smallest absolute Gasteiger partial charge is 0.150 e. The molecule has 0 N–H and O–H groups in total. The number of benzene rings is 1. The van der Waals surface area contributed by atoms with Crippen LogP contribution in [0.1, 0.15) is 16.8 Å². The van der Waals surface area contributed by atoms with E-state index < -0.39 is 0 Å². The molecule has 2 aromatic rings. The minimum Gasteiger partial charge on any atom is -0.235 e. The van der Waals surface area contributed by atoms with Gasteiger partial charge in [0.05, 0.1) is 11.6 Å². The number of nitriles is 1. The fourth-order valence-electron chi connectivity index (χ4n) is 1.34. The second-order valence-electron chi connectivity index (χ2n) is 3.50. The highest BCUT2D eigenvalue weighted by atomic mass is 32.2. The lowest BCUT2D eigenvalue weighted by Gasteiger charge is -2.00. The van der Waals surface area contributed by atoms with Crippen LogP contribution in [0.2, 0.25) is 0 Å². The molecule has 1 heterocycles. The third kappa shape index (κ3) is 3.29. The Labute approximate surface area is 107 Å². The fourth-order valence-corrected chi connectivity index (χ4v) is 3.12. The Kier molecular flexibility index (Phi) is 3.77. The van der Waals surface area contributed by atoms with Gasteiger partial charge in [0.1, 0.15) is 10.2 Å². The predicted octanol–water partition coefficient (Wildman–Crippen LogP) is 3.75. The molecular weight excluding hydrogens is 255 g/mol. The van der Waals surface area contributed by atoms with Crippen LogP contribution in [0.4, 0.5) is 4.39 Å². The van der Waals surface area contributed by atoms with Crippen LogP contribution in [-0.4, -0.2) is 4.98 Å². The van der Waals surface area contributed by atoms with E-state index in [0.29, 0.717) is 11.3 Å². The first-order valence-corrected chi connectivity index (χ1v) is 6.78. The Bertz CT molecular complexity index is 572. The van der Waals surface area contributed by atoms with Crippen LogP contribution in [0.3, 0.4) is 0 Å². The molecule has 0 fully saturated rings. The Hall–Kier alpha value is -1.38. The molecule has 0 aliphatic carbocycles. The number of hydrogen-bond donors (Lipinski definition) is 0. The van der Waals surface area contributed by atoms with E-state index in [9.17, 15) is 4.39 Å². The molecule has 86 valence electrons. The average Bonchev–Trinajstić information content (AvgIpc) is 2.72. The van der Waals surface area contributed by atoms with Gasteiger partial charge < -0.3 is 0 Å². The van der Waals surface area contributed by atoms with Gasteiger partial charge in [-0.05, 0) is 30.7 Å². The van der Waals surface area contributed by atoms with Crippen molar-refractivity contribution in [2.75, 3.05) is 0 Å². The standard InChI is InChI=1S/C12H9FN2S2/c1-8-6-16-12(15-8)17-7-10-2-9(5-14)3-11(13)4-10/h2-4,6H,7H2,1H3. The number of rotatable bonds is 3. The van der Waals surface area contributed by atoms with Gasteiger partial charge in [0.2, 0.25) is 0 Å². The van der Waals surface area contributed by atoms with Crippen molar-refractivity contribution in [1.82, 2.24) is 4.98 Å². The van der Waals surface area contributed by atoms with Gasteiger partial charge in [0.15, 0.2) is 0 Å². The quantitative estimate of drug-likeness (QED) is 0.792. The molecule has 0 aliphatic rings. The van der Waals surface area contributed by atoms with E-state index in [0.717, 1.165) is 15.6 Å². The first-order chi connectivity index (χ1) is 8.17. The Balaban J connectivity index is 2.09. The molecule has 0 bridgehead atoms. The van der Waals surface area contributed by atoms with E-state index in [-0.39, 0.29) is 5.82 Å². The van der Waals surface area contributed by atoms with E-state index in [1.54, 1.807) is 29.2 Å². The number of aryl methyl sites for hydroxylation is 1. The zero-order chi connectivity index (χ0) is 12.3. The molecule has 0 amide bonds. The largest absolute Gasteiger partial charge is 0.235 e. The van der Waals surface area contributed by atoms with Gasteiger partial charge in [0, 0.05) is 16.8 Å². The summed E-state index contributed by atoms with van der Waals surface area (Å²) in [5, 5.41) is 10.7. The van der Waals surface area contributed by atoms with E-state index in [1.165, 1.54) is 12.1 Å². The molecule has 0 unspecified atom stereocenters. The van der Waals surface area contributed by atoms with E-state index in [4.69, 9.17) is 5.26 Å². The molecular formula is C12H9FN2S2. The zero-order valence-electron chi connectivity index (χ0n) is 9.11. The van der Waals surface area contributed by atoms with Gasteiger partial charge in [-0.15, -0.1) is 11.3 Å². The summed E-state index contributed by atoms with van der Waals surface area (Å²) >= 11 is 3.13. The van der Waals surface area contributed by atoms with E-state index in [1.807, 2.05) is 18.4 Å². The summed E-state index contributed by atoms with van der Waals surface area (Å²) in [6.45, 7) is 1.94. The second kappa shape index (κ2) is 5.30. The fraction of sp³-hybridized carbons (Fsp3) is 0.167. The van der Waals surface area contributed by atoms with Crippen molar-refractivity contribution < 1.29 is 4.39 Å². The third-order valence-electron chi connectivity index (χ3n) is 2.05. The first kappa shape index (κ1) is 12.1. The van der Waals surface area contributed by atoms with Crippen molar-refractivity contribution in [2.24, 2.45) is 0 Å². The molecule has 5 heteroatoms. The maximum atomic E-state index is 13.2. The lowest BCUT2D eigenvalue weighted by Crippen LogP contribution is -1.86. The topological polar surface area (TPSA) is 36.7 Å². The molecule has 0 radical (unpaired) electrons. The van der Waals surface area contributed by atoms with Gasteiger partial charge in [-0.1, -0.05) is 11.8 Å². The van der Waals surface area contributed by atoms with Gasteiger partial charge in [-0.25, -0.2) is 9.37 Å². The van der Waals surface area contributed by atoms with Crippen molar-refractivity contribution in [3.63, 3.8) is 0 Å². The maximum absolute atomic E-state index is 13.2. The molecule has 1 aromatic heterocycles. The highest BCUT2D eigenvalue weighted by Gasteiger charge is 2.03. The summed E-state index contributed by atoms with van der Waals surface area (Å²) in [6, 6.07) is 6.34. The average molecular weight is 264 g/mol. The summed E-state index contributed by atoms with van der Waals surface area (Å²) in [5.74, 6) is 0.259. The Morgan fingerprint density at radius 1 is 1.47 bits per heavy atom. The van der Waals surface area contributed by atoms with Gasteiger partial charge >= 0.3 is 0 Å². The maximum Gasteiger partial charge on any atom is 0.150 e. The minimum absolute atomic E-state index is 0.357. The summed E-state index contributed by atoms with van der Waals surface area (Å²) in [4.78, 5) is 4.31. The normalized spacial score (nSPS) is 10.2. The Morgan fingerprint density at radius 3 is 2.94 bits per heavy atom. The minimum atomic E-state index is -0.366. The van der Waals surface area contributed by atoms with Crippen LogP contribution < -0.4 is 0 Å². The predicted molar refractivity (Wildman–Crippen MR) is 67.5 cm³/mol. The van der Waals surface area contributed by atoms with Crippen molar-refractivity contribution >= 4 is 23.1 Å². The van der Waals surface area contributed by atoms with E-state index in [2.05, 4.69) is 4.98 Å². The van der Waals surface area contributed by atoms with Crippen LogP contribution in [-0.2, 0) is 5.75 Å². The Morgan fingerprint density at radius 2 is 2.29 bits per heavy atom. The van der Waals surface area contributed by atoms with Crippen LogP contribution in [0.5, 0.6) is 0 Å². The van der Waals surface area contributed by atoms with Gasteiger partial charge in [0.25, 0.3) is 0 Å². The van der Waals surface area contributed by atoms with Crippen LogP contribution >= 0.6 is 23.1 Å². The van der Waals surface area contributed by atoms with Crippen LogP contribution in [0.15, 0.2) is 27.9 Å². The number of thioether (sulfide) groups is 1. The van der Waals surface area contributed by atoms with Crippen LogP contribution in [0.25, 0.3) is 0 Å². The zero-order valence-corrected chi connectivity index (χ0v) is 10.7. The monoisotopic (exact) mass is 264 g/mol. The number of aromatic nitrogens is 1. The summed E-state index contributed by atoms with van der Waals surface area (Å²) in [6.07, 6.45) is 0. The van der Waals surface area contributed by atoms with Crippen LogP contribution in [0, 0.1) is 24.1 Å². The van der Waals surface area contributed by atoms with E-state index >= 15 is 0 Å². The molecule has 2 rings (SSSR count). The summed E-state index contributed by atoms with van der Waals surface area (Å²) in [7, 11) is 0. The molecule has 0 saturated heterocycles. The second-order valence-corrected chi connectivity index (χ2v) is 5.58. The lowest BCUT2D eigenvalue weighted by molar-refractivity contribution is 0.626. The highest BCUT2D eigenvalue weighted by Crippen LogP contribution is 2.26. The molecule has 17 heavy (non-hydrogen) atoms. The molecule has 1 aromatic carbocycles. The van der Waals surface area contributed by atoms with Crippen molar-refractivity contribution in [3.8, 4) is 6.07 Å². The summed E-state index contributed by atoms with van der Waals surface area (Å²) in [5.41, 5.74) is 2.16. The lowest BCUT2D eigenvalue weighted by atomic mass is 10.1. The first-order valence-electron chi connectivity index (χ1n) is 4.92. The molecule has 0 saturated carbocycles. The molecule has 0 spiro atoms. The number of halogens is 1. The highest BCUT2D eigenvalue weighted by molar-refractivity contribution is 8.00. The third-order valence-corrected chi connectivity index (χ3v) is 4.26. The molecule has 0 atom stereocenters. The number of nitrogens with zero attached hydrogens (tertiary/aromatic N) is 2. The van der Waals surface area contributed by atoms with Crippen molar-refractivity contribution in [1.29, 1.82) is 5.26 Å². The molecule has 0 aliphatic heterocycles. The number of hydrogen-bond acceptors (Lipinski definition) is 4. The molecule has 2 nitrogen and oxygen atoms in total. The number of thiazole rings is 1. The van der Waals surface area contributed by atoms with Gasteiger partial charge in [-0.3, -0.25) is 0 Å². The SMILES string of the molecule is Cc1csc(SCc2cc(F)cc(C#N)c2)n1.